The van der Waals surface area contributed by atoms with Crippen molar-refractivity contribution in [1.29, 1.82) is 0 Å². The zero-order valence-corrected chi connectivity index (χ0v) is 17.7. The highest BCUT2D eigenvalue weighted by molar-refractivity contribution is 5.92. The van der Waals surface area contributed by atoms with Crippen molar-refractivity contribution in [3.63, 3.8) is 0 Å². The molecule has 0 spiro atoms. The van der Waals surface area contributed by atoms with Gasteiger partial charge in [-0.15, -0.1) is 0 Å². The summed E-state index contributed by atoms with van der Waals surface area (Å²) in [5, 5.41) is 16.9. The van der Waals surface area contributed by atoms with Crippen LogP contribution in [0.25, 0.3) is 5.69 Å². The number of phenolic OH excluding ortho intramolecular Hbond substituents is 1. The molecule has 0 saturated heterocycles. The third kappa shape index (κ3) is 5.85. The van der Waals surface area contributed by atoms with Gasteiger partial charge in [-0.25, -0.2) is 4.68 Å². The molecule has 0 aliphatic carbocycles. The second kappa shape index (κ2) is 9.80. The molecule has 31 heavy (non-hydrogen) atoms. The summed E-state index contributed by atoms with van der Waals surface area (Å²) in [6, 6.07) is 14.4. The van der Waals surface area contributed by atoms with Crippen LogP contribution < -0.4 is 10.1 Å². The summed E-state index contributed by atoms with van der Waals surface area (Å²) in [6.45, 7) is 3.43. The Morgan fingerprint density at radius 1 is 1.10 bits per heavy atom. The number of carbonyl (C=O) groups excluding carboxylic acids is 2. The molecular weight excluding hydrogens is 398 g/mol. The molecule has 0 radical (unpaired) electrons. The first kappa shape index (κ1) is 21.9. The Morgan fingerprint density at radius 2 is 1.84 bits per heavy atom. The first-order valence-corrected chi connectivity index (χ1v) is 9.81. The minimum absolute atomic E-state index is 0.00762. The van der Waals surface area contributed by atoms with Gasteiger partial charge in [0, 0.05) is 12.5 Å². The highest BCUT2D eigenvalue weighted by atomic mass is 16.5. The van der Waals surface area contributed by atoms with E-state index in [1.165, 1.54) is 13.2 Å². The summed E-state index contributed by atoms with van der Waals surface area (Å²) in [6.07, 6.45) is 0.455. The number of phenols is 1. The summed E-state index contributed by atoms with van der Waals surface area (Å²) in [4.78, 5) is 24.3. The predicted molar refractivity (Wildman–Crippen MR) is 116 cm³/mol. The van der Waals surface area contributed by atoms with E-state index in [-0.39, 0.29) is 12.2 Å². The van der Waals surface area contributed by atoms with Crippen LogP contribution in [0.15, 0.2) is 48.5 Å². The number of aromatic nitrogens is 2. The summed E-state index contributed by atoms with van der Waals surface area (Å²) in [5.74, 6) is -0.0927. The van der Waals surface area contributed by atoms with Gasteiger partial charge in [-0.05, 0) is 50.1 Å². The molecular formula is C23H25N3O5. The average Bonchev–Trinajstić information content (AvgIpc) is 3.11. The number of carbonyl (C=O) groups is 2. The summed E-state index contributed by atoms with van der Waals surface area (Å²) in [5.41, 5.74) is 3.44. The van der Waals surface area contributed by atoms with Crippen molar-refractivity contribution in [3.05, 3.63) is 65.4 Å². The van der Waals surface area contributed by atoms with E-state index in [2.05, 4.69) is 10.4 Å². The van der Waals surface area contributed by atoms with Crippen molar-refractivity contribution in [1.82, 2.24) is 9.78 Å². The predicted octanol–water partition coefficient (Wildman–Crippen LogP) is 3.32. The highest BCUT2D eigenvalue weighted by Gasteiger charge is 2.13. The molecule has 0 aliphatic heterocycles. The van der Waals surface area contributed by atoms with Crippen molar-refractivity contribution in [2.45, 2.75) is 26.7 Å². The van der Waals surface area contributed by atoms with Gasteiger partial charge in [0.2, 0.25) is 0 Å². The molecule has 2 N–H and O–H groups in total. The van der Waals surface area contributed by atoms with Crippen molar-refractivity contribution in [2.75, 3.05) is 19.0 Å². The third-order valence-electron chi connectivity index (χ3n) is 4.60. The molecule has 0 unspecified atom stereocenters. The Balaban J connectivity index is 1.52. The minimum atomic E-state index is -0.506. The van der Waals surface area contributed by atoms with Crippen LogP contribution in [0.3, 0.4) is 0 Å². The Kier molecular flexibility index (Phi) is 6.92. The Hall–Kier alpha value is -3.81. The third-order valence-corrected chi connectivity index (χ3v) is 4.60. The molecule has 0 fully saturated rings. The standard InChI is InChI=1S/C23H25N3O5/c1-15-4-8-18(9-5-15)26-21(12-16(2)25-26)24-22(28)14-31-23(29)11-7-17-6-10-20(30-3)19(27)13-17/h4-6,8-10,12-13,27H,7,11,14H2,1-3H3,(H,24,28). The molecule has 2 aromatic carbocycles. The van der Waals surface area contributed by atoms with Crippen LogP contribution in [0.5, 0.6) is 11.5 Å². The van der Waals surface area contributed by atoms with Gasteiger partial charge in [0.05, 0.1) is 18.5 Å². The van der Waals surface area contributed by atoms with Crippen LogP contribution in [-0.2, 0) is 20.7 Å². The second-order valence-corrected chi connectivity index (χ2v) is 7.13. The van der Waals surface area contributed by atoms with Gasteiger partial charge in [-0.2, -0.15) is 5.10 Å². The van der Waals surface area contributed by atoms with Gasteiger partial charge in [-0.3, -0.25) is 9.59 Å². The Labute approximate surface area is 180 Å². The lowest BCUT2D eigenvalue weighted by Gasteiger charge is -2.10. The van der Waals surface area contributed by atoms with Gasteiger partial charge in [0.15, 0.2) is 18.1 Å². The molecule has 0 saturated carbocycles. The van der Waals surface area contributed by atoms with E-state index >= 15 is 0 Å². The number of hydrogen-bond acceptors (Lipinski definition) is 6. The van der Waals surface area contributed by atoms with Gasteiger partial charge in [0.1, 0.15) is 5.82 Å². The van der Waals surface area contributed by atoms with Gasteiger partial charge < -0.3 is 19.9 Å². The van der Waals surface area contributed by atoms with Crippen LogP contribution >= 0.6 is 0 Å². The fourth-order valence-corrected chi connectivity index (χ4v) is 3.01. The topological polar surface area (TPSA) is 103 Å². The van der Waals surface area contributed by atoms with Crippen LogP contribution in [-0.4, -0.2) is 40.5 Å². The number of aryl methyl sites for hydroxylation is 3. The smallest absolute Gasteiger partial charge is 0.306 e. The van der Waals surface area contributed by atoms with Crippen LogP contribution in [0.2, 0.25) is 0 Å². The molecule has 3 rings (SSSR count). The summed E-state index contributed by atoms with van der Waals surface area (Å²) >= 11 is 0. The van der Waals surface area contributed by atoms with E-state index in [0.717, 1.165) is 22.5 Å². The number of amides is 1. The number of anilines is 1. The fourth-order valence-electron chi connectivity index (χ4n) is 3.01. The molecule has 0 bridgehead atoms. The summed E-state index contributed by atoms with van der Waals surface area (Å²) in [7, 11) is 1.46. The summed E-state index contributed by atoms with van der Waals surface area (Å²) < 4.78 is 11.7. The van der Waals surface area contributed by atoms with E-state index < -0.39 is 18.5 Å². The number of methoxy groups -OCH3 is 1. The largest absolute Gasteiger partial charge is 0.504 e. The number of hydrogen-bond donors (Lipinski definition) is 2. The maximum Gasteiger partial charge on any atom is 0.306 e. The Morgan fingerprint density at radius 3 is 2.52 bits per heavy atom. The molecule has 3 aromatic rings. The molecule has 162 valence electrons. The van der Waals surface area contributed by atoms with Crippen molar-refractivity contribution >= 4 is 17.7 Å². The van der Waals surface area contributed by atoms with Gasteiger partial charge in [0.25, 0.3) is 5.91 Å². The van der Waals surface area contributed by atoms with Crippen LogP contribution in [0, 0.1) is 13.8 Å². The lowest BCUT2D eigenvalue weighted by molar-refractivity contribution is -0.147. The van der Waals surface area contributed by atoms with Crippen molar-refractivity contribution in [2.24, 2.45) is 0 Å². The number of nitrogens with one attached hydrogen (secondary N) is 1. The lowest BCUT2D eigenvalue weighted by Crippen LogP contribution is -2.22. The highest BCUT2D eigenvalue weighted by Crippen LogP contribution is 2.26. The lowest BCUT2D eigenvalue weighted by atomic mass is 10.1. The average molecular weight is 423 g/mol. The normalized spacial score (nSPS) is 10.5. The van der Waals surface area contributed by atoms with E-state index in [4.69, 9.17) is 9.47 Å². The van der Waals surface area contributed by atoms with E-state index in [0.29, 0.717) is 18.0 Å². The number of rotatable bonds is 8. The van der Waals surface area contributed by atoms with E-state index in [1.807, 2.05) is 38.1 Å². The molecule has 8 heteroatoms. The first-order chi connectivity index (χ1) is 14.9. The molecule has 1 amide bonds. The second-order valence-electron chi connectivity index (χ2n) is 7.13. The van der Waals surface area contributed by atoms with Crippen LogP contribution in [0.1, 0.15) is 23.2 Å². The van der Waals surface area contributed by atoms with Gasteiger partial charge >= 0.3 is 5.97 Å². The number of aromatic hydroxyl groups is 1. The van der Waals surface area contributed by atoms with E-state index in [9.17, 15) is 14.7 Å². The monoisotopic (exact) mass is 423 g/mol. The Bertz CT molecular complexity index is 1070. The zero-order chi connectivity index (χ0) is 22.4. The quantitative estimate of drug-likeness (QED) is 0.539. The minimum Gasteiger partial charge on any atom is -0.504 e. The maximum atomic E-state index is 12.3. The molecule has 0 atom stereocenters. The van der Waals surface area contributed by atoms with Gasteiger partial charge in [-0.1, -0.05) is 23.8 Å². The SMILES string of the molecule is COc1ccc(CCC(=O)OCC(=O)Nc2cc(C)nn2-c2ccc(C)cc2)cc1O. The van der Waals surface area contributed by atoms with Crippen molar-refractivity contribution in [3.8, 4) is 17.2 Å². The fraction of sp³-hybridized carbons (Fsp3) is 0.261. The molecule has 1 aromatic heterocycles. The number of nitrogens with zero attached hydrogens (tertiary/aromatic N) is 2. The van der Waals surface area contributed by atoms with Crippen molar-refractivity contribution < 1.29 is 24.2 Å². The number of ether oxygens (including phenoxy) is 2. The number of esters is 1. The first-order valence-electron chi connectivity index (χ1n) is 9.81. The molecule has 1 heterocycles. The van der Waals surface area contributed by atoms with E-state index in [1.54, 1.807) is 22.9 Å². The molecule has 8 nitrogen and oxygen atoms in total. The maximum absolute atomic E-state index is 12.3. The van der Waals surface area contributed by atoms with Crippen LogP contribution in [0.4, 0.5) is 5.82 Å². The number of benzene rings is 2. The molecule has 0 aliphatic rings. The zero-order valence-electron chi connectivity index (χ0n) is 17.7.